The quantitative estimate of drug-likeness (QED) is 0.782. The summed E-state index contributed by atoms with van der Waals surface area (Å²) in [5.74, 6) is 2.68. The van der Waals surface area contributed by atoms with Crippen LogP contribution in [0.2, 0.25) is 0 Å². The highest BCUT2D eigenvalue weighted by atomic mass is 32.2. The van der Waals surface area contributed by atoms with Crippen LogP contribution in [0.3, 0.4) is 0 Å². The summed E-state index contributed by atoms with van der Waals surface area (Å²) in [5, 5.41) is 0. The highest BCUT2D eigenvalue weighted by Crippen LogP contribution is 2.21. The zero-order chi connectivity index (χ0) is 17.6. The SMILES string of the molecule is c1ccc(N2CCN(CCN3CCC(N4CCSCC4)CC3)CC2)cc1. The van der Waals surface area contributed by atoms with Crippen LogP contribution in [0.5, 0.6) is 0 Å². The Balaban J connectivity index is 1.14. The molecule has 3 aliphatic rings. The predicted octanol–water partition coefficient (Wildman–Crippen LogP) is 2.32. The van der Waals surface area contributed by atoms with Gasteiger partial charge < -0.3 is 9.80 Å². The Morgan fingerprint density at radius 3 is 2.00 bits per heavy atom. The standard InChI is InChI=1S/C21H34N4S/c1-2-4-20(5-3-1)24-14-12-23(13-15-24)11-10-22-8-6-21(7-9-22)25-16-18-26-19-17-25/h1-5,21H,6-19H2. The number of para-hydroxylation sites is 1. The molecule has 0 saturated carbocycles. The summed E-state index contributed by atoms with van der Waals surface area (Å²) in [4.78, 5) is 10.7. The fourth-order valence-corrected chi connectivity index (χ4v) is 5.53. The first kappa shape index (κ1) is 18.6. The monoisotopic (exact) mass is 374 g/mol. The molecule has 0 radical (unpaired) electrons. The Labute approximate surface area is 163 Å². The number of likely N-dealkylation sites (tertiary alicyclic amines) is 1. The van der Waals surface area contributed by atoms with E-state index in [4.69, 9.17) is 0 Å². The van der Waals surface area contributed by atoms with E-state index in [0.717, 1.165) is 6.04 Å². The second-order valence-electron chi connectivity index (χ2n) is 7.89. The van der Waals surface area contributed by atoms with Gasteiger partial charge in [-0.1, -0.05) is 18.2 Å². The first-order chi connectivity index (χ1) is 12.9. The smallest absolute Gasteiger partial charge is 0.0367 e. The van der Waals surface area contributed by atoms with E-state index >= 15 is 0 Å². The molecular formula is C21H34N4S. The Hall–Kier alpha value is -0.750. The maximum Gasteiger partial charge on any atom is 0.0367 e. The van der Waals surface area contributed by atoms with Crippen LogP contribution in [0, 0.1) is 0 Å². The van der Waals surface area contributed by atoms with Gasteiger partial charge in [-0.2, -0.15) is 11.8 Å². The van der Waals surface area contributed by atoms with E-state index in [0.29, 0.717) is 0 Å². The summed E-state index contributed by atoms with van der Waals surface area (Å²) >= 11 is 2.12. The predicted molar refractivity (Wildman–Crippen MR) is 113 cm³/mol. The number of hydrogen-bond acceptors (Lipinski definition) is 5. The van der Waals surface area contributed by atoms with Gasteiger partial charge in [0.1, 0.15) is 0 Å². The van der Waals surface area contributed by atoms with Crippen molar-refractivity contribution in [2.75, 3.05) is 81.9 Å². The minimum atomic E-state index is 0.863. The molecule has 4 nitrogen and oxygen atoms in total. The van der Waals surface area contributed by atoms with E-state index in [-0.39, 0.29) is 0 Å². The number of piperidine rings is 1. The molecule has 0 bridgehead atoms. The number of piperazine rings is 1. The lowest BCUT2D eigenvalue weighted by molar-refractivity contribution is 0.106. The average Bonchev–Trinajstić information content (AvgIpc) is 2.74. The highest BCUT2D eigenvalue weighted by Gasteiger charge is 2.26. The van der Waals surface area contributed by atoms with Crippen molar-refractivity contribution in [1.82, 2.24) is 14.7 Å². The maximum absolute atomic E-state index is 2.76. The lowest BCUT2D eigenvalue weighted by atomic mass is 10.0. The van der Waals surface area contributed by atoms with Gasteiger partial charge in [-0.25, -0.2) is 0 Å². The van der Waals surface area contributed by atoms with Gasteiger partial charge in [-0.05, 0) is 38.1 Å². The maximum atomic E-state index is 2.76. The number of benzene rings is 1. The number of rotatable bonds is 5. The summed E-state index contributed by atoms with van der Waals surface area (Å²) in [5.41, 5.74) is 1.38. The number of thioether (sulfide) groups is 1. The normalized spacial score (nSPS) is 24.8. The third-order valence-electron chi connectivity index (χ3n) is 6.35. The molecule has 0 atom stereocenters. The zero-order valence-electron chi connectivity index (χ0n) is 16.1. The van der Waals surface area contributed by atoms with Crippen molar-refractivity contribution in [3.63, 3.8) is 0 Å². The van der Waals surface area contributed by atoms with Crippen molar-refractivity contribution in [1.29, 1.82) is 0 Å². The molecule has 144 valence electrons. The summed E-state index contributed by atoms with van der Waals surface area (Å²) in [6.07, 6.45) is 2.76. The third-order valence-corrected chi connectivity index (χ3v) is 7.29. The molecule has 3 saturated heterocycles. The van der Waals surface area contributed by atoms with E-state index in [9.17, 15) is 0 Å². The van der Waals surface area contributed by atoms with Crippen LogP contribution in [0.4, 0.5) is 5.69 Å². The number of hydrogen-bond donors (Lipinski definition) is 0. The van der Waals surface area contributed by atoms with E-state index in [1.807, 2.05) is 0 Å². The summed E-state index contributed by atoms with van der Waals surface area (Å²) in [6, 6.07) is 11.7. The first-order valence-corrected chi connectivity index (χ1v) is 11.6. The lowest BCUT2D eigenvalue weighted by Crippen LogP contribution is -2.51. The molecule has 0 unspecified atom stereocenters. The van der Waals surface area contributed by atoms with Gasteiger partial charge in [0, 0.05) is 75.6 Å². The Kier molecular flexibility index (Phi) is 6.76. The molecule has 0 aromatic heterocycles. The van der Waals surface area contributed by atoms with Gasteiger partial charge in [0.25, 0.3) is 0 Å². The van der Waals surface area contributed by atoms with Gasteiger partial charge >= 0.3 is 0 Å². The van der Waals surface area contributed by atoms with E-state index in [1.165, 1.54) is 95.5 Å². The van der Waals surface area contributed by atoms with Gasteiger partial charge in [0.05, 0.1) is 0 Å². The molecule has 0 spiro atoms. The molecule has 5 heteroatoms. The van der Waals surface area contributed by atoms with Crippen molar-refractivity contribution >= 4 is 17.4 Å². The number of nitrogens with zero attached hydrogens (tertiary/aromatic N) is 4. The van der Waals surface area contributed by atoms with Gasteiger partial charge in [0.2, 0.25) is 0 Å². The van der Waals surface area contributed by atoms with Gasteiger partial charge in [-0.3, -0.25) is 9.80 Å². The summed E-state index contributed by atoms with van der Waals surface area (Å²) in [6.45, 7) is 12.5. The van der Waals surface area contributed by atoms with Crippen molar-refractivity contribution in [2.24, 2.45) is 0 Å². The molecule has 3 fully saturated rings. The van der Waals surface area contributed by atoms with Gasteiger partial charge in [-0.15, -0.1) is 0 Å². The third kappa shape index (κ3) is 4.94. The zero-order valence-corrected chi connectivity index (χ0v) is 16.9. The molecule has 0 aliphatic carbocycles. The fourth-order valence-electron chi connectivity index (χ4n) is 4.60. The summed E-state index contributed by atoms with van der Waals surface area (Å²) in [7, 11) is 0. The topological polar surface area (TPSA) is 13.0 Å². The van der Waals surface area contributed by atoms with Crippen molar-refractivity contribution in [3.8, 4) is 0 Å². The molecule has 4 rings (SSSR count). The Bertz CT molecular complexity index is 518. The van der Waals surface area contributed by atoms with Crippen LogP contribution in [0.1, 0.15) is 12.8 Å². The first-order valence-electron chi connectivity index (χ1n) is 10.4. The molecule has 1 aromatic carbocycles. The van der Waals surface area contributed by atoms with E-state index < -0.39 is 0 Å². The van der Waals surface area contributed by atoms with Gasteiger partial charge in [0.15, 0.2) is 0 Å². The molecule has 1 aromatic rings. The van der Waals surface area contributed by atoms with Crippen LogP contribution in [-0.4, -0.2) is 97.7 Å². The molecular weight excluding hydrogens is 340 g/mol. The Morgan fingerprint density at radius 1 is 0.731 bits per heavy atom. The van der Waals surface area contributed by atoms with Crippen LogP contribution >= 0.6 is 11.8 Å². The second-order valence-corrected chi connectivity index (χ2v) is 9.11. The van der Waals surface area contributed by atoms with Crippen LogP contribution in [0.25, 0.3) is 0 Å². The van der Waals surface area contributed by atoms with Crippen molar-refractivity contribution in [3.05, 3.63) is 30.3 Å². The summed E-state index contributed by atoms with van der Waals surface area (Å²) < 4.78 is 0. The molecule has 0 N–H and O–H groups in total. The van der Waals surface area contributed by atoms with Crippen molar-refractivity contribution < 1.29 is 0 Å². The van der Waals surface area contributed by atoms with E-state index in [2.05, 4.69) is 61.7 Å². The number of anilines is 1. The molecule has 0 amide bonds. The molecule has 3 aliphatic heterocycles. The highest BCUT2D eigenvalue weighted by molar-refractivity contribution is 7.99. The van der Waals surface area contributed by atoms with Crippen LogP contribution in [0.15, 0.2) is 30.3 Å². The minimum absolute atomic E-state index is 0.863. The molecule has 3 heterocycles. The van der Waals surface area contributed by atoms with Crippen LogP contribution < -0.4 is 4.90 Å². The minimum Gasteiger partial charge on any atom is -0.369 e. The van der Waals surface area contributed by atoms with E-state index in [1.54, 1.807) is 0 Å². The average molecular weight is 375 g/mol. The fraction of sp³-hybridized carbons (Fsp3) is 0.714. The Morgan fingerprint density at radius 2 is 1.35 bits per heavy atom. The lowest BCUT2D eigenvalue weighted by Gasteiger charge is -2.41. The van der Waals surface area contributed by atoms with Crippen LogP contribution in [-0.2, 0) is 0 Å². The largest absolute Gasteiger partial charge is 0.369 e. The second kappa shape index (κ2) is 9.45. The van der Waals surface area contributed by atoms with Crippen molar-refractivity contribution in [2.45, 2.75) is 18.9 Å². The molecule has 26 heavy (non-hydrogen) atoms.